The zero-order chi connectivity index (χ0) is 25.2. The van der Waals surface area contributed by atoms with Crippen LogP contribution in [0, 0.1) is 17.8 Å². The summed E-state index contributed by atoms with van der Waals surface area (Å²) in [5, 5.41) is 10.6. The minimum atomic E-state index is -0.487. The van der Waals surface area contributed by atoms with Crippen LogP contribution in [0.25, 0.3) is 0 Å². The van der Waals surface area contributed by atoms with Crippen molar-refractivity contribution in [3.05, 3.63) is 59.1 Å². The number of amides is 1. The third-order valence-corrected chi connectivity index (χ3v) is 8.40. The maximum atomic E-state index is 14.0. The molecule has 2 saturated carbocycles. The first-order valence-corrected chi connectivity index (χ1v) is 13.0. The molecule has 3 fully saturated rings. The third-order valence-electron chi connectivity index (χ3n) is 8.40. The lowest BCUT2D eigenvalue weighted by Crippen LogP contribution is -2.60. The number of rotatable bonds is 7. The van der Waals surface area contributed by atoms with Crippen LogP contribution in [0.5, 0.6) is 0 Å². The predicted octanol–water partition coefficient (Wildman–Crippen LogP) is 2.83. The number of piperazine rings is 1. The van der Waals surface area contributed by atoms with Gasteiger partial charge in [-0.15, -0.1) is 0 Å². The Morgan fingerprint density at radius 3 is 2.61 bits per heavy atom. The van der Waals surface area contributed by atoms with E-state index in [0.717, 1.165) is 12.0 Å². The molecule has 2 aliphatic heterocycles. The summed E-state index contributed by atoms with van der Waals surface area (Å²) in [6, 6.07) is 9.60. The molecule has 1 N–H and O–H groups in total. The highest BCUT2D eigenvalue weighted by Gasteiger charge is 2.56. The summed E-state index contributed by atoms with van der Waals surface area (Å²) in [4.78, 5) is 30.4. The van der Waals surface area contributed by atoms with Crippen molar-refractivity contribution in [2.24, 2.45) is 17.8 Å². The topological polar surface area (TPSA) is 88.5 Å². The maximum Gasteiger partial charge on any atom is 0.337 e. The van der Waals surface area contributed by atoms with Gasteiger partial charge >= 0.3 is 5.97 Å². The fourth-order valence-electron chi connectivity index (χ4n) is 6.45. The minimum absolute atomic E-state index is 0.0108. The van der Waals surface area contributed by atoms with Gasteiger partial charge in [0.25, 0.3) is 5.91 Å². The molecule has 1 aromatic carbocycles. The molecule has 8 heteroatoms. The summed E-state index contributed by atoms with van der Waals surface area (Å²) in [5.74, 6) is 0.737. The average Bonchev–Trinajstić information content (AvgIpc) is 3.21. The molecular formula is C28H36N2O6. The molecule has 2 aliphatic carbocycles. The Kier molecular flexibility index (Phi) is 7.34. The van der Waals surface area contributed by atoms with Gasteiger partial charge < -0.3 is 29.1 Å². The second kappa shape index (κ2) is 10.6. The fraction of sp³-hybridized carbons (Fsp3) is 0.571. The molecule has 1 amide bonds. The number of hydrogen-bond donors (Lipinski definition) is 1. The first-order chi connectivity index (χ1) is 17.6. The Hall–Kier alpha value is -2.84. The molecule has 1 unspecified atom stereocenters. The van der Waals surface area contributed by atoms with Gasteiger partial charge in [-0.05, 0) is 30.7 Å². The van der Waals surface area contributed by atoms with Crippen molar-refractivity contribution in [2.75, 3.05) is 33.5 Å². The monoisotopic (exact) mass is 496 g/mol. The van der Waals surface area contributed by atoms with Crippen LogP contribution in [-0.2, 0) is 30.4 Å². The van der Waals surface area contributed by atoms with E-state index >= 15 is 0 Å². The van der Waals surface area contributed by atoms with Crippen LogP contribution >= 0.6 is 0 Å². The van der Waals surface area contributed by atoms with Crippen molar-refractivity contribution in [1.82, 2.24) is 9.80 Å². The number of esters is 1. The average molecular weight is 497 g/mol. The fourth-order valence-corrected chi connectivity index (χ4v) is 6.45. The highest BCUT2D eigenvalue weighted by Crippen LogP contribution is 2.51. The molecule has 0 radical (unpaired) electrons. The summed E-state index contributed by atoms with van der Waals surface area (Å²) >= 11 is 0. The number of fused-ring (bicyclic) bond motifs is 3. The summed E-state index contributed by atoms with van der Waals surface area (Å²) in [5.41, 5.74) is 1.72. The highest BCUT2D eigenvalue weighted by molar-refractivity contribution is 5.96. The smallest absolute Gasteiger partial charge is 0.337 e. The zero-order valence-corrected chi connectivity index (χ0v) is 21.1. The van der Waals surface area contributed by atoms with Gasteiger partial charge in [0.2, 0.25) is 0 Å². The quantitative estimate of drug-likeness (QED) is 0.581. The molecule has 4 atom stereocenters. The van der Waals surface area contributed by atoms with Gasteiger partial charge in [0.05, 0.1) is 31.4 Å². The maximum absolute atomic E-state index is 14.0. The lowest BCUT2D eigenvalue weighted by atomic mass is 9.71. The van der Waals surface area contributed by atoms with E-state index in [1.807, 2.05) is 47.1 Å². The number of ether oxygens (including phenoxy) is 3. The minimum Gasteiger partial charge on any atom is -0.488 e. The Labute approximate surface area is 212 Å². The third kappa shape index (κ3) is 4.41. The van der Waals surface area contributed by atoms with Crippen molar-refractivity contribution in [3.63, 3.8) is 0 Å². The Morgan fingerprint density at radius 2 is 1.97 bits per heavy atom. The molecule has 2 heterocycles. The van der Waals surface area contributed by atoms with E-state index in [-0.39, 0.29) is 43.7 Å². The largest absolute Gasteiger partial charge is 0.488 e. The van der Waals surface area contributed by atoms with Crippen molar-refractivity contribution >= 4 is 11.9 Å². The zero-order valence-electron chi connectivity index (χ0n) is 21.1. The Bertz CT molecular complexity index is 1030. The SMILES string of the molecule is CCN1C(=O)/C2=C(\OCc3ccccc3)COC/C(C(=O)OC)=C\N2[C@H]2[C@H](CO)C(C3CCC3)C[C@H]21. The number of likely N-dealkylation sites (N-methyl/N-ethyl adjacent to an activating group) is 1. The number of carbonyl (C=O) groups excluding carboxylic acids is 2. The lowest BCUT2D eigenvalue weighted by Gasteiger charge is -2.47. The summed E-state index contributed by atoms with van der Waals surface area (Å²) < 4.78 is 17.1. The number of nitrogens with zero attached hydrogens (tertiary/aromatic N) is 2. The molecule has 0 bridgehead atoms. The molecule has 0 spiro atoms. The standard InChI is InChI=1S/C28H36N2O6/c1-3-29-23-12-21(19-10-7-11-19)22(14-31)25(23)30-13-20(28(33)34-2)16-35-17-24(26(30)27(29)32)36-15-18-8-5-4-6-9-18/h4-6,8-9,13,19,21-23,25,31H,3,7,10-12,14-17H2,1-2H3/b20-13+,26-24+/t21?,22-,23-,25+/m1/s1. The highest BCUT2D eigenvalue weighted by atomic mass is 16.5. The van der Waals surface area contributed by atoms with Crippen LogP contribution in [0.4, 0.5) is 0 Å². The van der Waals surface area contributed by atoms with Gasteiger partial charge in [-0.25, -0.2) is 4.79 Å². The number of benzene rings is 1. The molecule has 5 rings (SSSR count). The molecule has 36 heavy (non-hydrogen) atoms. The van der Waals surface area contributed by atoms with Gasteiger partial charge in [-0.2, -0.15) is 0 Å². The molecular weight excluding hydrogens is 460 g/mol. The van der Waals surface area contributed by atoms with Gasteiger partial charge in [-0.3, -0.25) is 4.79 Å². The summed E-state index contributed by atoms with van der Waals surface area (Å²) in [6.45, 7) is 3.00. The number of hydrogen-bond acceptors (Lipinski definition) is 7. The Morgan fingerprint density at radius 1 is 1.19 bits per heavy atom. The number of methoxy groups -OCH3 is 1. The molecule has 4 aliphatic rings. The van der Waals surface area contributed by atoms with Gasteiger partial charge in [0.15, 0.2) is 5.76 Å². The van der Waals surface area contributed by atoms with Gasteiger partial charge in [0, 0.05) is 25.3 Å². The van der Waals surface area contributed by atoms with Crippen LogP contribution in [0.1, 0.15) is 38.2 Å². The van der Waals surface area contributed by atoms with Crippen molar-refractivity contribution in [2.45, 2.75) is 51.3 Å². The van der Waals surface area contributed by atoms with Crippen LogP contribution < -0.4 is 0 Å². The van der Waals surface area contributed by atoms with E-state index in [1.165, 1.54) is 26.4 Å². The van der Waals surface area contributed by atoms with Crippen molar-refractivity contribution in [3.8, 4) is 0 Å². The van der Waals surface area contributed by atoms with Crippen LogP contribution in [0.15, 0.2) is 53.6 Å². The van der Waals surface area contributed by atoms with E-state index in [2.05, 4.69) is 0 Å². The van der Waals surface area contributed by atoms with E-state index < -0.39 is 5.97 Å². The number of aliphatic hydroxyl groups is 1. The van der Waals surface area contributed by atoms with Crippen LogP contribution in [0.3, 0.4) is 0 Å². The van der Waals surface area contributed by atoms with Crippen LogP contribution in [-0.4, -0.2) is 72.3 Å². The first-order valence-electron chi connectivity index (χ1n) is 13.0. The van der Waals surface area contributed by atoms with Gasteiger partial charge in [0.1, 0.15) is 18.9 Å². The molecule has 1 saturated heterocycles. The van der Waals surface area contributed by atoms with Gasteiger partial charge in [-0.1, -0.05) is 49.6 Å². The number of carbonyl (C=O) groups is 2. The Balaban J connectivity index is 1.59. The van der Waals surface area contributed by atoms with E-state index in [4.69, 9.17) is 14.2 Å². The predicted molar refractivity (Wildman–Crippen MR) is 132 cm³/mol. The second-order valence-corrected chi connectivity index (χ2v) is 10.2. The summed E-state index contributed by atoms with van der Waals surface area (Å²) in [7, 11) is 1.34. The number of aliphatic hydroxyl groups excluding tert-OH is 1. The van der Waals surface area contributed by atoms with E-state index in [1.54, 1.807) is 6.20 Å². The normalized spacial score (nSPS) is 32.0. The lowest BCUT2D eigenvalue weighted by molar-refractivity contribution is -0.139. The van der Waals surface area contributed by atoms with Crippen LogP contribution in [0.2, 0.25) is 0 Å². The summed E-state index contributed by atoms with van der Waals surface area (Å²) in [6.07, 6.45) is 6.14. The molecule has 1 aromatic rings. The molecule has 0 aromatic heterocycles. The molecule has 8 nitrogen and oxygen atoms in total. The molecule has 194 valence electrons. The van der Waals surface area contributed by atoms with Crippen molar-refractivity contribution < 1.29 is 28.9 Å². The first kappa shape index (κ1) is 24.8. The second-order valence-electron chi connectivity index (χ2n) is 10.2. The van der Waals surface area contributed by atoms with Crippen molar-refractivity contribution in [1.29, 1.82) is 0 Å². The van der Waals surface area contributed by atoms with E-state index in [9.17, 15) is 14.7 Å². The van der Waals surface area contributed by atoms with E-state index in [0.29, 0.717) is 42.0 Å².